The van der Waals surface area contributed by atoms with Crippen LogP contribution in [0, 0.1) is 6.92 Å². The van der Waals surface area contributed by atoms with Gasteiger partial charge >= 0.3 is 6.15 Å². The minimum Gasteiger partial charge on any atom is -0.497 e. The summed E-state index contributed by atoms with van der Waals surface area (Å²) in [5.74, 6) is 1.35. The van der Waals surface area contributed by atoms with Gasteiger partial charge in [-0.3, -0.25) is 9.78 Å². The van der Waals surface area contributed by atoms with E-state index in [-0.39, 0.29) is 18.5 Å². The van der Waals surface area contributed by atoms with Crippen molar-refractivity contribution in [2.24, 2.45) is 0 Å². The van der Waals surface area contributed by atoms with Crippen molar-refractivity contribution in [2.45, 2.75) is 32.7 Å². The molecule has 3 aromatic rings. The molecule has 0 radical (unpaired) electrons. The Morgan fingerprint density at radius 2 is 1.81 bits per heavy atom. The zero-order valence-electron chi connectivity index (χ0n) is 18.6. The van der Waals surface area contributed by atoms with Crippen LogP contribution in [0.1, 0.15) is 25.1 Å². The normalized spacial score (nSPS) is 10.5. The summed E-state index contributed by atoms with van der Waals surface area (Å²) < 4.78 is 11.2. The van der Waals surface area contributed by atoms with Crippen LogP contribution in [0.5, 0.6) is 11.5 Å². The van der Waals surface area contributed by atoms with Crippen LogP contribution in [0.25, 0.3) is 10.9 Å². The van der Waals surface area contributed by atoms with Crippen LogP contribution in [-0.4, -0.2) is 36.3 Å². The number of carbonyl (C=O) groups excluding carboxylic acids is 3. The first-order valence-corrected chi connectivity index (χ1v) is 9.91. The van der Waals surface area contributed by atoms with E-state index in [0.29, 0.717) is 18.0 Å². The second kappa shape index (κ2) is 10.9. The number of nitrogens with two attached hydrogens (primary N) is 1. The number of benzene rings is 2. The predicted molar refractivity (Wildman–Crippen MR) is 120 cm³/mol. The molecule has 8 heteroatoms. The van der Waals surface area contributed by atoms with Crippen molar-refractivity contribution in [3.8, 4) is 11.5 Å². The fourth-order valence-corrected chi connectivity index (χ4v) is 3.19. The van der Waals surface area contributed by atoms with E-state index < -0.39 is 5.54 Å². The highest BCUT2D eigenvalue weighted by Gasteiger charge is 2.22. The van der Waals surface area contributed by atoms with Crippen LogP contribution in [0.2, 0.25) is 0 Å². The molecule has 0 unspecified atom stereocenters. The van der Waals surface area contributed by atoms with Gasteiger partial charge < -0.3 is 20.5 Å². The lowest BCUT2D eigenvalue weighted by molar-refractivity contribution is -0.191. The number of aromatic nitrogens is 1. The number of amides is 1. The zero-order chi connectivity index (χ0) is 23.7. The van der Waals surface area contributed by atoms with Gasteiger partial charge in [-0.05, 0) is 56.7 Å². The first-order valence-electron chi connectivity index (χ1n) is 9.91. The number of fused-ring (bicyclic) bond motifs is 1. The van der Waals surface area contributed by atoms with Gasteiger partial charge in [0.05, 0.1) is 30.0 Å². The maximum Gasteiger partial charge on any atom is 0.373 e. The summed E-state index contributed by atoms with van der Waals surface area (Å²) in [4.78, 5) is 33.2. The molecule has 1 aromatic heterocycles. The molecule has 0 aliphatic rings. The lowest BCUT2D eigenvalue weighted by Gasteiger charge is -2.27. The molecule has 3 N–H and O–H groups in total. The molecule has 0 saturated heterocycles. The van der Waals surface area contributed by atoms with Crippen LogP contribution in [0.3, 0.4) is 0 Å². The standard InChI is InChI=1S/C23H27N3O3.CO2/c1-15-12-18(24)22-19(25-15)6-5-7-20(22)29-14-23(2,3)26-21(27)13-16-8-10-17(28-4)11-9-16;2-1-3/h5-12H,13-14H2,1-4H3,(H2,24,25)(H,26,27);. The Labute approximate surface area is 186 Å². The lowest BCUT2D eigenvalue weighted by Crippen LogP contribution is -2.48. The summed E-state index contributed by atoms with van der Waals surface area (Å²) in [5, 5.41) is 3.82. The molecule has 3 rings (SSSR count). The number of ether oxygens (including phenoxy) is 2. The quantitative estimate of drug-likeness (QED) is 0.583. The number of hydrogen-bond acceptors (Lipinski definition) is 7. The highest BCUT2D eigenvalue weighted by molar-refractivity contribution is 5.95. The van der Waals surface area contributed by atoms with Crippen LogP contribution in [0.15, 0.2) is 48.5 Å². The van der Waals surface area contributed by atoms with Crippen molar-refractivity contribution < 1.29 is 23.9 Å². The highest BCUT2D eigenvalue weighted by atomic mass is 16.5. The third-order valence-electron chi connectivity index (χ3n) is 4.54. The average molecular weight is 437 g/mol. The number of anilines is 1. The fraction of sp³-hybridized carbons (Fsp3) is 0.292. The van der Waals surface area contributed by atoms with E-state index in [4.69, 9.17) is 24.8 Å². The number of nitrogens with zero attached hydrogens (tertiary/aromatic N) is 1. The number of carbonyl (C=O) groups is 1. The molecule has 0 fully saturated rings. The summed E-state index contributed by atoms with van der Waals surface area (Å²) in [7, 11) is 1.62. The molecule has 1 heterocycles. The number of nitrogens with one attached hydrogen (secondary N) is 1. The van der Waals surface area contributed by atoms with Gasteiger partial charge in [0.2, 0.25) is 5.91 Å². The molecule has 0 spiro atoms. The molecule has 32 heavy (non-hydrogen) atoms. The molecule has 0 saturated carbocycles. The van der Waals surface area contributed by atoms with Crippen LogP contribution >= 0.6 is 0 Å². The summed E-state index contributed by atoms with van der Waals surface area (Å²) in [5.41, 5.74) is 8.83. The molecule has 0 bridgehead atoms. The van der Waals surface area contributed by atoms with Crippen LogP contribution < -0.4 is 20.5 Å². The monoisotopic (exact) mass is 437 g/mol. The van der Waals surface area contributed by atoms with E-state index in [1.54, 1.807) is 7.11 Å². The minimum atomic E-state index is -0.557. The topological polar surface area (TPSA) is 121 Å². The summed E-state index contributed by atoms with van der Waals surface area (Å²) >= 11 is 0. The lowest BCUT2D eigenvalue weighted by atomic mass is 10.1. The van der Waals surface area contributed by atoms with E-state index >= 15 is 0 Å². The SMILES string of the molecule is COc1ccc(CC(=O)NC(C)(C)COc2cccc3nc(C)cc(N)c23)cc1.O=C=O. The second-order valence-corrected chi connectivity index (χ2v) is 7.83. The molecular weight excluding hydrogens is 410 g/mol. The Kier molecular flexibility index (Phi) is 8.32. The zero-order valence-corrected chi connectivity index (χ0v) is 18.6. The molecule has 0 aliphatic carbocycles. The summed E-state index contributed by atoms with van der Waals surface area (Å²) in [6, 6.07) is 15.0. The van der Waals surface area contributed by atoms with Crippen molar-refractivity contribution in [1.29, 1.82) is 0 Å². The third kappa shape index (κ3) is 6.82. The van der Waals surface area contributed by atoms with Gasteiger partial charge in [0.1, 0.15) is 18.1 Å². The predicted octanol–water partition coefficient (Wildman–Crippen LogP) is 3.07. The molecule has 168 valence electrons. The summed E-state index contributed by atoms with van der Waals surface area (Å²) in [6.45, 7) is 6.06. The van der Waals surface area contributed by atoms with Crippen molar-refractivity contribution in [2.75, 3.05) is 19.5 Å². The Bertz CT molecular complexity index is 1100. The fourth-order valence-electron chi connectivity index (χ4n) is 3.19. The van der Waals surface area contributed by atoms with E-state index in [2.05, 4.69) is 10.3 Å². The number of hydrogen-bond donors (Lipinski definition) is 2. The second-order valence-electron chi connectivity index (χ2n) is 7.83. The van der Waals surface area contributed by atoms with Gasteiger partial charge in [-0.1, -0.05) is 18.2 Å². The molecule has 8 nitrogen and oxygen atoms in total. The van der Waals surface area contributed by atoms with Crippen molar-refractivity contribution in [3.05, 3.63) is 59.8 Å². The smallest absolute Gasteiger partial charge is 0.373 e. The molecule has 1 amide bonds. The van der Waals surface area contributed by atoms with Crippen LogP contribution in [-0.2, 0) is 20.8 Å². The van der Waals surface area contributed by atoms with E-state index in [1.807, 2.05) is 69.3 Å². The van der Waals surface area contributed by atoms with E-state index in [9.17, 15) is 4.79 Å². The Morgan fingerprint density at radius 3 is 2.44 bits per heavy atom. The number of aryl methyl sites for hydroxylation is 1. The third-order valence-corrected chi connectivity index (χ3v) is 4.54. The number of methoxy groups -OCH3 is 1. The number of rotatable bonds is 7. The van der Waals surface area contributed by atoms with Crippen molar-refractivity contribution in [3.63, 3.8) is 0 Å². The molecule has 2 aromatic carbocycles. The maximum absolute atomic E-state index is 12.5. The Balaban J connectivity index is 0.00000114. The van der Waals surface area contributed by atoms with Gasteiger partial charge in [0.15, 0.2) is 0 Å². The molecule has 0 atom stereocenters. The van der Waals surface area contributed by atoms with Crippen molar-refractivity contribution >= 4 is 28.6 Å². The van der Waals surface area contributed by atoms with E-state index in [0.717, 1.165) is 27.9 Å². The molecule has 0 aliphatic heterocycles. The first kappa shape index (κ1) is 24.4. The van der Waals surface area contributed by atoms with Gasteiger partial charge in [0, 0.05) is 11.4 Å². The Morgan fingerprint density at radius 1 is 1.16 bits per heavy atom. The minimum absolute atomic E-state index is 0.0708. The molecular formula is C24H27N3O5. The van der Waals surface area contributed by atoms with Crippen molar-refractivity contribution in [1.82, 2.24) is 10.3 Å². The van der Waals surface area contributed by atoms with Gasteiger partial charge in [-0.2, -0.15) is 9.59 Å². The summed E-state index contributed by atoms with van der Waals surface area (Å²) in [6.07, 6.45) is 0.540. The average Bonchev–Trinajstić information content (AvgIpc) is 2.72. The van der Waals surface area contributed by atoms with Gasteiger partial charge in [0.25, 0.3) is 0 Å². The van der Waals surface area contributed by atoms with Crippen LogP contribution in [0.4, 0.5) is 5.69 Å². The number of pyridine rings is 1. The number of nitrogen functional groups attached to an aromatic ring is 1. The Hall–Kier alpha value is -3.90. The van der Waals surface area contributed by atoms with E-state index in [1.165, 1.54) is 0 Å². The highest BCUT2D eigenvalue weighted by Crippen LogP contribution is 2.30. The van der Waals surface area contributed by atoms with Gasteiger partial charge in [-0.15, -0.1) is 0 Å². The maximum atomic E-state index is 12.5. The first-order chi connectivity index (χ1) is 15.2. The van der Waals surface area contributed by atoms with Gasteiger partial charge in [-0.25, -0.2) is 0 Å². The largest absolute Gasteiger partial charge is 0.497 e.